The first-order valence-electron chi connectivity index (χ1n) is 8.73. The highest BCUT2D eigenvalue weighted by Crippen LogP contribution is 2.26. The van der Waals surface area contributed by atoms with Gasteiger partial charge in [-0.2, -0.15) is 0 Å². The normalized spacial score (nSPS) is 14.2. The minimum Gasteiger partial charge on any atom is -0.494 e. The summed E-state index contributed by atoms with van der Waals surface area (Å²) >= 11 is 0. The molecule has 0 unspecified atom stereocenters. The molecule has 0 bridgehead atoms. The van der Waals surface area contributed by atoms with Gasteiger partial charge in [-0.25, -0.2) is 4.98 Å². The summed E-state index contributed by atoms with van der Waals surface area (Å²) in [5.41, 5.74) is 2.02. The Morgan fingerprint density at radius 1 is 1.29 bits per heavy atom. The number of amides is 1. The number of hydrogen-bond donors (Lipinski definition) is 2. The van der Waals surface area contributed by atoms with Crippen molar-refractivity contribution in [2.24, 2.45) is 5.92 Å². The molecule has 1 aliphatic carbocycles. The third-order valence-electron chi connectivity index (χ3n) is 4.48. The third-order valence-corrected chi connectivity index (χ3v) is 4.48. The minimum atomic E-state index is 0.190. The number of aryl methyl sites for hydroxylation is 1. The average molecular weight is 327 g/mol. The van der Waals surface area contributed by atoms with E-state index < -0.39 is 0 Å². The highest BCUT2D eigenvalue weighted by atomic mass is 16.5. The predicted octanol–water partition coefficient (Wildman–Crippen LogP) is 3.27. The van der Waals surface area contributed by atoms with Gasteiger partial charge in [0.05, 0.1) is 12.1 Å². The number of nitrogens with zero attached hydrogens (tertiary/aromatic N) is 1. The molecule has 3 rings (SSSR count). The van der Waals surface area contributed by atoms with Gasteiger partial charge >= 0.3 is 0 Å². The van der Waals surface area contributed by atoms with E-state index in [1.165, 1.54) is 6.42 Å². The molecule has 0 spiro atoms. The summed E-state index contributed by atoms with van der Waals surface area (Å²) in [4.78, 5) is 16.5. The van der Waals surface area contributed by atoms with Gasteiger partial charge in [0.1, 0.15) is 11.6 Å². The Morgan fingerprint density at radius 3 is 2.83 bits per heavy atom. The molecule has 5 heteroatoms. The zero-order valence-corrected chi connectivity index (χ0v) is 14.4. The summed E-state index contributed by atoms with van der Waals surface area (Å²) in [5.74, 6) is 2.16. The number of ether oxygens (including phenoxy) is 1. The van der Waals surface area contributed by atoms with E-state index in [2.05, 4.69) is 21.7 Å². The Hall–Kier alpha value is -2.30. The summed E-state index contributed by atoms with van der Waals surface area (Å²) in [7, 11) is 0. The maximum Gasteiger partial charge on any atom is 0.223 e. The molecular formula is C19H25N3O2. The number of rotatable bonds is 7. The van der Waals surface area contributed by atoms with Crippen molar-refractivity contribution in [3.8, 4) is 5.75 Å². The van der Waals surface area contributed by atoms with Crippen LogP contribution in [0.5, 0.6) is 5.75 Å². The smallest absolute Gasteiger partial charge is 0.223 e. The van der Waals surface area contributed by atoms with Crippen LogP contribution in [0.4, 0.5) is 5.82 Å². The molecule has 0 atom stereocenters. The summed E-state index contributed by atoms with van der Waals surface area (Å²) < 4.78 is 5.54. The lowest BCUT2D eigenvalue weighted by molar-refractivity contribution is -0.127. The van der Waals surface area contributed by atoms with Crippen LogP contribution < -0.4 is 15.4 Å². The van der Waals surface area contributed by atoms with Gasteiger partial charge in [-0.3, -0.25) is 4.79 Å². The van der Waals surface area contributed by atoms with Crippen molar-refractivity contribution >= 4 is 22.6 Å². The van der Waals surface area contributed by atoms with Crippen LogP contribution in [0.2, 0.25) is 0 Å². The molecule has 0 aliphatic heterocycles. The topological polar surface area (TPSA) is 63.2 Å². The SMILES string of the molecule is CCOc1ccc2nc(NCCNC(=O)C3CCC3)c(C)cc2c1. The van der Waals surface area contributed by atoms with Crippen molar-refractivity contribution in [1.82, 2.24) is 10.3 Å². The number of fused-ring (bicyclic) bond motifs is 1. The molecular weight excluding hydrogens is 302 g/mol. The van der Waals surface area contributed by atoms with E-state index in [1.54, 1.807) is 0 Å². The van der Waals surface area contributed by atoms with Crippen LogP contribution in [0.1, 0.15) is 31.7 Å². The first-order chi connectivity index (χ1) is 11.7. The zero-order valence-electron chi connectivity index (χ0n) is 14.4. The highest BCUT2D eigenvalue weighted by Gasteiger charge is 2.24. The van der Waals surface area contributed by atoms with Crippen LogP contribution in [-0.4, -0.2) is 30.6 Å². The molecule has 128 valence electrons. The van der Waals surface area contributed by atoms with Gasteiger partial charge in [-0.15, -0.1) is 0 Å². The number of carbonyl (C=O) groups excluding carboxylic acids is 1. The summed E-state index contributed by atoms with van der Waals surface area (Å²) in [6, 6.07) is 8.04. The second-order valence-corrected chi connectivity index (χ2v) is 6.29. The molecule has 1 amide bonds. The lowest BCUT2D eigenvalue weighted by atomic mass is 9.85. The Labute approximate surface area is 142 Å². The average Bonchev–Trinajstić information content (AvgIpc) is 2.50. The summed E-state index contributed by atoms with van der Waals surface area (Å²) in [6.45, 7) is 5.97. The maximum absolute atomic E-state index is 11.8. The Balaban J connectivity index is 1.58. The molecule has 1 saturated carbocycles. The van der Waals surface area contributed by atoms with Crippen LogP contribution in [0, 0.1) is 12.8 Å². The number of carbonyl (C=O) groups is 1. The number of benzene rings is 1. The standard InChI is InChI=1S/C19H25N3O2/c1-3-24-16-7-8-17-15(12-16)11-13(2)18(22-17)20-9-10-21-19(23)14-5-4-6-14/h7-8,11-12,14H,3-6,9-10H2,1-2H3,(H,20,22)(H,21,23). The molecule has 24 heavy (non-hydrogen) atoms. The van der Waals surface area contributed by atoms with Crippen molar-refractivity contribution in [2.45, 2.75) is 33.1 Å². The molecule has 2 N–H and O–H groups in total. The fourth-order valence-corrected chi connectivity index (χ4v) is 2.88. The third kappa shape index (κ3) is 3.78. The minimum absolute atomic E-state index is 0.190. The number of pyridine rings is 1. The first kappa shape index (κ1) is 16.6. The number of nitrogens with one attached hydrogen (secondary N) is 2. The van der Waals surface area contributed by atoms with Gasteiger partial charge in [0.15, 0.2) is 0 Å². The van der Waals surface area contributed by atoms with Crippen molar-refractivity contribution in [2.75, 3.05) is 25.0 Å². The highest BCUT2D eigenvalue weighted by molar-refractivity contribution is 5.83. The van der Waals surface area contributed by atoms with E-state index in [9.17, 15) is 4.79 Å². The Morgan fingerprint density at radius 2 is 2.12 bits per heavy atom. The molecule has 1 heterocycles. The van der Waals surface area contributed by atoms with E-state index >= 15 is 0 Å². The predicted molar refractivity (Wildman–Crippen MR) is 96.5 cm³/mol. The van der Waals surface area contributed by atoms with E-state index in [0.717, 1.165) is 40.9 Å². The fourth-order valence-electron chi connectivity index (χ4n) is 2.88. The van der Waals surface area contributed by atoms with Gasteiger partial charge in [0, 0.05) is 24.4 Å². The van der Waals surface area contributed by atoms with E-state index in [1.807, 2.05) is 32.0 Å². The zero-order chi connectivity index (χ0) is 16.9. The van der Waals surface area contributed by atoms with Crippen molar-refractivity contribution in [1.29, 1.82) is 0 Å². The quantitative estimate of drug-likeness (QED) is 0.766. The van der Waals surface area contributed by atoms with Crippen LogP contribution >= 0.6 is 0 Å². The van der Waals surface area contributed by atoms with Crippen LogP contribution in [-0.2, 0) is 4.79 Å². The van der Waals surface area contributed by atoms with Gasteiger partial charge in [-0.05, 0) is 56.5 Å². The molecule has 5 nitrogen and oxygen atoms in total. The molecule has 1 aromatic heterocycles. The molecule has 1 fully saturated rings. The first-order valence-corrected chi connectivity index (χ1v) is 8.73. The molecule has 1 aromatic carbocycles. The van der Waals surface area contributed by atoms with Crippen LogP contribution in [0.15, 0.2) is 24.3 Å². The molecule has 2 aromatic rings. The Kier molecular flexibility index (Phi) is 5.18. The van der Waals surface area contributed by atoms with Gasteiger partial charge in [0.25, 0.3) is 0 Å². The van der Waals surface area contributed by atoms with Crippen molar-refractivity contribution in [3.05, 3.63) is 29.8 Å². The van der Waals surface area contributed by atoms with E-state index in [4.69, 9.17) is 4.74 Å². The number of anilines is 1. The second-order valence-electron chi connectivity index (χ2n) is 6.29. The van der Waals surface area contributed by atoms with Crippen molar-refractivity contribution < 1.29 is 9.53 Å². The molecule has 0 saturated heterocycles. The van der Waals surface area contributed by atoms with E-state index in [-0.39, 0.29) is 11.8 Å². The Bertz CT molecular complexity index is 726. The number of aromatic nitrogens is 1. The van der Waals surface area contributed by atoms with Gasteiger partial charge in [0.2, 0.25) is 5.91 Å². The molecule has 1 aliphatic rings. The van der Waals surface area contributed by atoms with Crippen molar-refractivity contribution in [3.63, 3.8) is 0 Å². The van der Waals surface area contributed by atoms with Gasteiger partial charge in [-0.1, -0.05) is 6.42 Å². The second kappa shape index (κ2) is 7.51. The lowest BCUT2D eigenvalue weighted by Gasteiger charge is -2.24. The fraction of sp³-hybridized carbons (Fsp3) is 0.474. The monoisotopic (exact) mass is 327 g/mol. The summed E-state index contributed by atoms with van der Waals surface area (Å²) in [5, 5.41) is 7.38. The lowest BCUT2D eigenvalue weighted by Crippen LogP contribution is -2.37. The molecule has 0 radical (unpaired) electrons. The van der Waals surface area contributed by atoms with Crippen LogP contribution in [0.3, 0.4) is 0 Å². The van der Waals surface area contributed by atoms with Gasteiger partial charge < -0.3 is 15.4 Å². The summed E-state index contributed by atoms with van der Waals surface area (Å²) in [6.07, 6.45) is 3.25. The van der Waals surface area contributed by atoms with E-state index in [0.29, 0.717) is 19.7 Å². The largest absolute Gasteiger partial charge is 0.494 e. The number of hydrogen-bond acceptors (Lipinski definition) is 4. The van der Waals surface area contributed by atoms with Crippen LogP contribution in [0.25, 0.3) is 10.9 Å². The maximum atomic E-state index is 11.8.